The molecule has 1 amide bonds. The lowest BCUT2D eigenvalue weighted by Crippen LogP contribution is -2.49. The summed E-state index contributed by atoms with van der Waals surface area (Å²) >= 11 is 0. The van der Waals surface area contributed by atoms with E-state index in [0.29, 0.717) is 24.5 Å². The highest BCUT2D eigenvalue weighted by Crippen LogP contribution is 2.34. The fourth-order valence-electron chi connectivity index (χ4n) is 4.87. The predicted molar refractivity (Wildman–Crippen MR) is 85.1 cm³/mol. The molecule has 3 aliphatic rings. The van der Waals surface area contributed by atoms with E-state index in [9.17, 15) is 4.79 Å². The minimum Gasteiger partial charge on any atom is -0.339 e. The summed E-state index contributed by atoms with van der Waals surface area (Å²) in [6, 6.07) is 1.11. The van der Waals surface area contributed by atoms with Gasteiger partial charge in [0.25, 0.3) is 0 Å². The first-order chi connectivity index (χ1) is 10.2. The number of hydrogen-bond donors (Lipinski definition) is 1. The molecular weight excluding hydrogens is 262 g/mol. The van der Waals surface area contributed by atoms with Gasteiger partial charge >= 0.3 is 0 Å². The molecular formula is C17H31N3O. The van der Waals surface area contributed by atoms with Gasteiger partial charge in [0, 0.05) is 25.2 Å². The Balaban J connectivity index is 1.61. The molecule has 3 rings (SSSR count). The van der Waals surface area contributed by atoms with E-state index < -0.39 is 0 Å². The molecule has 0 aliphatic carbocycles. The topological polar surface area (TPSA) is 35.6 Å². The van der Waals surface area contributed by atoms with E-state index in [1.165, 1.54) is 25.7 Å². The van der Waals surface area contributed by atoms with Gasteiger partial charge in [0.05, 0.1) is 6.54 Å². The maximum atomic E-state index is 12.8. The normalized spacial score (nSPS) is 37.0. The Morgan fingerprint density at radius 1 is 1.19 bits per heavy atom. The van der Waals surface area contributed by atoms with Crippen LogP contribution in [0.5, 0.6) is 0 Å². The zero-order chi connectivity index (χ0) is 14.8. The summed E-state index contributed by atoms with van der Waals surface area (Å²) < 4.78 is 0. The molecule has 0 aromatic heterocycles. The van der Waals surface area contributed by atoms with Crippen molar-refractivity contribution in [2.45, 2.75) is 58.0 Å². The lowest BCUT2D eigenvalue weighted by molar-refractivity contribution is -0.136. The van der Waals surface area contributed by atoms with Crippen LogP contribution in [0.1, 0.15) is 46.0 Å². The number of likely N-dealkylation sites (tertiary alicyclic amines) is 2. The Hall–Kier alpha value is -0.610. The van der Waals surface area contributed by atoms with Crippen LogP contribution >= 0.6 is 0 Å². The molecule has 1 N–H and O–H groups in total. The molecule has 3 heterocycles. The van der Waals surface area contributed by atoms with Crippen LogP contribution in [0.15, 0.2) is 0 Å². The van der Waals surface area contributed by atoms with Crippen molar-refractivity contribution in [2.75, 3.05) is 32.7 Å². The summed E-state index contributed by atoms with van der Waals surface area (Å²) in [4.78, 5) is 17.4. The number of rotatable bonds is 4. The van der Waals surface area contributed by atoms with Gasteiger partial charge in [0.1, 0.15) is 0 Å². The lowest BCUT2D eigenvalue weighted by atomic mass is 9.93. The van der Waals surface area contributed by atoms with Crippen LogP contribution in [0, 0.1) is 11.8 Å². The van der Waals surface area contributed by atoms with E-state index in [4.69, 9.17) is 0 Å². The molecule has 3 aliphatic heterocycles. The molecule has 0 saturated carbocycles. The summed E-state index contributed by atoms with van der Waals surface area (Å²) in [7, 11) is 0. The highest BCUT2D eigenvalue weighted by molar-refractivity contribution is 5.78. The second kappa shape index (κ2) is 6.66. The summed E-state index contributed by atoms with van der Waals surface area (Å²) in [5.41, 5.74) is 0. The average Bonchev–Trinajstić information content (AvgIpc) is 3.07. The van der Waals surface area contributed by atoms with Crippen molar-refractivity contribution < 1.29 is 4.79 Å². The molecule has 4 unspecified atom stereocenters. The molecule has 21 heavy (non-hydrogen) atoms. The highest BCUT2D eigenvalue weighted by atomic mass is 16.2. The maximum Gasteiger partial charge on any atom is 0.237 e. The van der Waals surface area contributed by atoms with Crippen molar-refractivity contribution in [1.82, 2.24) is 15.1 Å². The van der Waals surface area contributed by atoms with Gasteiger partial charge in [-0.2, -0.15) is 0 Å². The van der Waals surface area contributed by atoms with Gasteiger partial charge in [-0.15, -0.1) is 0 Å². The van der Waals surface area contributed by atoms with Crippen LogP contribution < -0.4 is 5.32 Å². The second-order valence-corrected chi connectivity index (χ2v) is 7.13. The molecule has 120 valence electrons. The van der Waals surface area contributed by atoms with Gasteiger partial charge in [-0.05, 0) is 57.0 Å². The Labute approximate surface area is 129 Å². The van der Waals surface area contributed by atoms with Gasteiger partial charge in [-0.25, -0.2) is 0 Å². The van der Waals surface area contributed by atoms with E-state index in [2.05, 4.69) is 29.0 Å². The molecule has 4 atom stereocenters. The van der Waals surface area contributed by atoms with Gasteiger partial charge in [-0.1, -0.05) is 13.8 Å². The Morgan fingerprint density at radius 2 is 2.05 bits per heavy atom. The van der Waals surface area contributed by atoms with Crippen molar-refractivity contribution in [3.8, 4) is 0 Å². The fraction of sp³-hybridized carbons (Fsp3) is 0.941. The van der Waals surface area contributed by atoms with Crippen LogP contribution in [0.4, 0.5) is 0 Å². The van der Waals surface area contributed by atoms with Crippen LogP contribution in [-0.4, -0.2) is 60.5 Å². The largest absolute Gasteiger partial charge is 0.339 e. The van der Waals surface area contributed by atoms with Crippen molar-refractivity contribution in [2.24, 2.45) is 11.8 Å². The zero-order valence-electron chi connectivity index (χ0n) is 13.7. The number of amides is 1. The van der Waals surface area contributed by atoms with Gasteiger partial charge < -0.3 is 10.2 Å². The number of hydrogen-bond acceptors (Lipinski definition) is 3. The first-order valence-electron chi connectivity index (χ1n) is 8.98. The standard InChI is InChI=1S/C17H31N3O/c1-3-14-7-5-6-8-20(14)17(21)12-19-11-13-9-18-10-15(13)16(19)4-2/h13-16,18H,3-12H2,1-2H3. The van der Waals surface area contributed by atoms with Gasteiger partial charge in [0.2, 0.25) is 5.91 Å². The van der Waals surface area contributed by atoms with Crippen molar-refractivity contribution in [1.29, 1.82) is 0 Å². The molecule has 0 spiro atoms. The third-order valence-corrected chi connectivity index (χ3v) is 6.00. The predicted octanol–water partition coefficient (Wildman–Crippen LogP) is 1.71. The monoisotopic (exact) mass is 293 g/mol. The van der Waals surface area contributed by atoms with E-state index in [1.54, 1.807) is 0 Å². The summed E-state index contributed by atoms with van der Waals surface area (Å²) in [5.74, 6) is 1.92. The average molecular weight is 293 g/mol. The van der Waals surface area contributed by atoms with Crippen molar-refractivity contribution >= 4 is 5.91 Å². The molecule has 0 radical (unpaired) electrons. The molecule has 3 fully saturated rings. The summed E-state index contributed by atoms with van der Waals surface area (Å²) in [5, 5.41) is 3.52. The number of nitrogens with one attached hydrogen (secondary N) is 1. The van der Waals surface area contributed by atoms with Crippen LogP contribution in [0.3, 0.4) is 0 Å². The molecule has 3 saturated heterocycles. The molecule has 0 aromatic rings. The van der Waals surface area contributed by atoms with Crippen LogP contribution in [0.2, 0.25) is 0 Å². The summed E-state index contributed by atoms with van der Waals surface area (Å²) in [6.45, 7) is 9.54. The summed E-state index contributed by atoms with van der Waals surface area (Å²) in [6.07, 6.45) is 5.97. The van der Waals surface area contributed by atoms with Crippen molar-refractivity contribution in [3.63, 3.8) is 0 Å². The quantitative estimate of drug-likeness (QED) is 0.857. The first kappa shape index (κ1) is 15.3. The smallest absolute Gasteiger partial charge is 0.237 e. The Bertz CT molecular complexity index is 373. The van der Waals surface area contributed by atoms with Crippen molar-refractivity contribution in [3.05, 3.63) is 0 Å². The highest BCUT2D eigenvalue weighted by Gasteiger charge is 2.44. The third-order valence-electron chi connectivity index (χ3n) is 6.00. The Kier molecular flexibility index (Phi) is 4.85. The number of carbonyl (C=O) groups excluding carboxylic acids is 1. The SMILES string of the molecule is CCC1C2CNCC2CN1CC(=O)N1CCCCC1CC. The second-order valence-electron chi connectivity index (χ2n) is 7.13. The van der Waals surface area contributed by atoms with Gasteiger partial charge in [0.15, 0.2) is 0 Å². The maximum absolute atomic E-state index is 12.8. The van der Waals surface area contributed by atoms with Crippen LogP contribution in [-0.2, 0) is 4.79 Å². The van der Waals surface area contributed by atoms with E-state index >= 15 is 0 Å². The number of nitrogens with zero attached hydrogens (tertiary/aromatic N) is 2. The zero-order valence-corrected chi connectivity index (χ0v) is 13.7. The number of carbonyl (C=O) groups is 1. The molecule has 0 aromatic carbocycles. The van der Waals surface area contributed by atoms with E-state index in [0.717, 1.165) is 44.4 Å². The third kappa shape index (κ3) is 2.98. The fourth-order valence-corrected chi connectivity index (χ4v) is 4.87. The van der Waals surface area contributed by atoms with E-state index in [1.807, 2.05) is 0 Å². The van der Waals surface area contributed by atoms with Gasteiger partial charge in [-0.3, -0.25) is 9.69 Å². The minimum atomic E-state index is 0.382. The molecule has 4 heteroatoms. The minimum absolute atomic E-state index is 0.382. The molecule has 4 nitrogen and oxygen atoms in total. The lowest BCUT2D eigenvalue weighted by Gasteiger charge is -2.37. The number of fused-ring (bicyclic) bond motifs is 1. The number of piperidine rings is 1. The molecule has 0 bridgehead atoms. The Morgan fingerprint density at radius 3 is 2.81 bits per heavy atom. The first-order valence-corrected chi connectivity index (χ1v) is 8.98. The van der Waals surface area contributed by atoms with E-state index in [-0.39, 0.29) is 0 Å². The van der Waals surface area contributed by atoms with Crippen LogP contribution in [0.25, 0.3) is 0 Å².